The molecule has 0 fully saturated rings. The fourth-order valence-corrected chi connectivity index (χ4v) is 3.78. The van der Waals surface area contributed by atoms with E-state index in [9.17, 15) is 4.79 Å². The molecule has 1 amide bonds. The van der Waals surface area contributed by atoms with Crippen LogP contribution in [0.15, 0.2) is 35.5 Å². The van der Waals surface area contributed by atoms with Crippen LogP contribution >= 0.6 is 23.4 Å². The number of hydrogen-bond donors (Lipinski definition) is 0. The van der Waals surface area contributed by atoms with Crippen LogP contribution in [0.25, 0.3) is 0 Å². The molecule has 0 N–H and O–H groups in total. The number of rotatable bonds is 2. The van der Waals surface area contributed by atoms with E-state index in [4.69, 9.17) is 11.6 Å². The number of benzene rings is 1. The van der Waals surface area contributed by atoms with Crippen LogP contribution in [0.2, 0.25) is 5.02 Å². The summed E-state index contributed by atoms with van der Waals surface area (Å²) in [7, 11) is 0. The second kappa shape index (κ2) is 6.34. The van der Waals surface area contributed by atoms with Gasteiger partial charge in [-0.05, 0) is 31.5 Å². The fourth-order valence-electron chi connectivity index (χ4n) is 2.52. The molecule has 3 rings (SSSR count). The Kier molecular flexibility index (Phi) is 4.45. The number of thioether (sulfide) groups is 1. The van der Waals surface area contributed by atoms with Crippen molar-refractivity contribution in [2.45, 2.75) is 37.0 Å². The number of aromatic nitrogens is 2. The number of anilines is 1. The van der Waals surface area contributed by atoms with Gasteiger partial charge >= 0.3 is 0 Å². The minimum atomic E-state index is -0.0158. The third kappa shape index (κ3) is 3.01. The van der Waals surface area contributed by atoms with Crippen molar-refractivity contribution in [1.82, 2.24) is 9.78 Å². The van der Waals surface area contributed by atoms with Crippen LogP contribution in [0.3, 0.4) is 0 Å². The summed E-state index contributed by atoms with van der Waals surface area (Å²) in [6, 6.07) is 5.76. The number of hydrogen-bond acceptors (Lipinski definition) is 3. The van der Waals surface area contributed by atoms with Crippen LogP contribution in [-0.2, 0) is 6.54 Å². The number of carbonyl (C=O) groups excluding carboxylic acids is 1. The van der Waals surface area contributed by atoms with Crippen molar-refractivity contribution in [3.05, 3.63) is 41.2 Å². The second-order valence-corrected chi connectivity index (χ2v) is 7.29. The van der Waals surface area contributed by atoms with E-state index in [1.807, 2.05) is 30.0 Å². The summed E-state index contributed by atoms with van der Waals surface area (Å²) in [5.41, 5.74) is 1.52. The molecule has 6 heteroatoms. The van der Waals surface area contributed by atoms with Crippen LogP contribution < -0.4 is 4.90 Å². The van der Waals surface area contributed by atoms with E-state index >= 15 is 0 Å². The summed E-state index contributed by atoms with van der Waals surface area (Å²) in [4.78, 5) is 15.8. The molecule has 1 aliphatic rings. The molecule has 0 bridgehead atoms. The summed E-state index contributed by atoms with van der Waals surface area (Å²) < 4.78 is 1.77. The molecule has 2 aromatic rings. The molecule has 0 radical (unpaired) electrons. The van der Waals surface area contributed by atoms with Gasteiger partial charge in [0, 0.05) is 34.5 Å². The van der Waals surface area contributed by atoms with Crippen LogP contribution in [0, 0.1) is 0 Å². The largest absolute Gasteiger partial charge is 0.307 e. The van der Waals surface area contributed by atoms with Gasteiger partial charge in [0.15, 0.2) is 0 Å². The molecule has 1 aromatic carbocycles. The van der Waals surface area contributed by atoms with Crippen LogP contribution in [0.4, 0.5) is 5.69 Å². The summed E-state index contributed by atoms with van der Waals surface area (Å²) in [5, 5.41) is 5.32. The zero-order valence-corrected chi connectivity index (χ0v) is 14.2. The first kappa shape index (κ1) is 15.4. The van der Waals surface area contributed by atoms with Crippen molar-refractivity contribution < 1.29 is 4.79 Å². The van der Waals surface area contributed by atoms with Gasteiger partial charge in [-0.1, -0.05) is 18.5 Å². The van der Waals surface area contributed by atoms with Gasteiger partial charge in [0.25, 0.3) is 5.91 Å². The van der Waals surface area contributed by atoms with Gasteiger partial charge in [-0.15, -0.1) is 11.8 Å². The Labute approximate surface area is 139 Å². The highest BCUT2D eigenvalue weighted by Crippen LogP contribution is 2.39. The first-order valence-electron chi connectivity index (χ1n) is 7.39. The third-order valence-electron chi connectivity index (χ3n) is 3.75. The Morgan fingerprint density at radius 2 is 2.32 bits per heavy atom. The Balaban J connectivity index is 1.99. The SMILES string of the molecule is CCn1cc(C(=O)N2CCC(C)Sc3ccc(Cl)cc32)cn1. The lowest BCUT2D eigenvalue weighted by molar-refractivity contribution is 0.0986. The molecule has 0 saturated carbocycles. The number of nitrogens with zero attached hydrogens (tertiary/aromatic N) is 3. The first-order valence-corrected chi connectivity index (χ1v) is 8.64. The number of carbonyl (C=O) groups is 1. The average molecular weight is 336 g/mol. The topological polar surface area (TPSA) is 38.1 Å². The Morgan fingerprint density at radius 1 is 1.50 bits per heavy atom. The number of halogens is 1. The molecule has 2 heterocycles. The number of fused-ring (bicyclic) bond motifs is 1. The van der Waals surface area contributed by atoms with Gasteiger partial charge < -0.3 is 4.90 Å². The lowest BCUT2D eigenvalue weighted by Gasteiger charge is -2.22. The van der Waals surface area contributed by atoms with E-state index in [1.165, 1.54) is 0 Å². The zero-order valence-electron chi connectivity index (χ0n) is 12.6. The number of aryl methyl sites for hydroxylation is 1. The normalized spacial score (nSPS) is 18.0. The molecule has 4 nitrogen and oxygen atoms in total. The molecule has 1 atom stereocenters. The van der Waals surface area contributed by atoms with Gasteiger partial charge in [0.05, 0.1) is 17.4 Å². The van der Waals surface area contributed by atoms with Gasteiger partial charge in [0.2, 0.25) is 0 Å². The first-order chi connectivity index (χ1) is 10.6. The Morgan fingerprint density at radius 3 is 3.05 bits per heavy atom. The summed E-state index contributed by atoms with van der Waals surface area (Å²) in [5.74, 6) is -0.0158. The highest BCUT2D eigenvalue weighted by Gasteiger charge is 2.26. The average Bonchev–Trinajstić information content (AvgIpc) is 2.92. The van der Waals surface area contributed by atoms with E-state index < -0.39 is 0 Å². The van der Waals surface area contributed by atoms with E-state index in [0.29, 0.717) is 22.4 Å². The summed E-state index contributed by atoms with van der Waals surface area (Å²) in [6.45, 7) is 5.63. The smallest absolute Gasteiger partial charge is 0.261 e. The van der Waals surface area contributed by atoms with Gasteiger partial charge in [0.1, 0.15) is 0 Å². The van der Waals surface area contributed by atoms with Gasteiger partial charge in [-0.25, -0.2) is 0 Å². The summed E-state index contributed by atoms with van der Waals surface area (Å²) >= 11 is 7.94. The minimum absolute atomic E-state index is 0.0158. The highest BCUT2D eigenvalue weighted by atomic mass is 35.5. The quantitative estimate of drug-likeness (QED) is 0.829. The van der Waals surface area contributed by atoms with E-state index in [0.717, 1.165) is 23.5 Å². The molecular formula is C16H18ClN3OS. The minimum Gasteiger partial charge on any atom is -0.307 e. The standard InChI is InChI=1S/C16H18ClN3OS/c1-3-19-10-12(9-18-19)16(21)20-7-6-11(2)22-15-5-4-13(17)8-14(15)20/h4-5,8-11H,3,6-7H2,1-2H3. The van der Waals surface area contributed by atoms with Crippen molar-refractivity contribution in [3.63, 3.8) is 0 Å². The predicted octanol–water partition coefficient (Wildman–Crippen LogP) is 4.09. The maximum absolute atomic E-state index is 12.9. The van der Waals surface area contributed by atoms with Gasteiger partial charge in [-0.3, -0.25) is 9.48 Å². The lowest BCUT2D eigenvalue weighted by atomic mass is 10.2. The highest BCUT2D eigenvalue weighted by molar-refractivity contribution is 8.00. The molecular weight excluding hydrogens is 318 g/mol. The van der Waals surface area contributed by atoms with Crippen molar-refractivity contribution in [2.75, 3.05) is 11.4 Å². The van der Waals surface area contributed by atoms with Crippen LogP contribution in [0.1, 0.15) is 30.6 Å². The monoisotopic (exact) mass is 335 g/mol. The Bertz CT molecular complexity index is 700. The van der Waals surface area contributed by atoms with Crippen LogP contribution in [0.5, 0.6) is 0 Å². The Hall–Kier alpha value is -1.46. The third-order valence-corrected chi connectivity index (χ3v) is 5.22. The van der Waals surface area contributed by atoms with Crippen molar-refractivity contribution in [2.24, 2.45) is 0 Å². The maximum atomic E-state index is 12.9. The summed E-state index contributed by atoms with van der Waals surface area (Å²) in [6.07, 6.45) is 4.39. The predicted molar refractivity (Wildman–Crippen MR) is 91.0 cm³/mol. The van der Waals surface area contributed by atoms with Crippen molar-refractivity contribution in [1.29, 1.82) is 0 Å². The molecule has 116 valence electrons. The van der Waals surface area contributed by atoms with Crippen molar-refractivity contribution in [3.8, 4) is 0 Å². The van der Waals surface area contributed by atoms with E-state index in [1.54, 1.807) is 28.8 Å². The van der Waals surface area contributed by atoms with Gasteiger partial charge in [-0.2, -0.15) is 5.10 Å². The van der Waals surface area contributed by atoms with Crippen LogP contribution in [-0.4, -0.2) is 27.5 Å². The zero-order chi connectivity index (χ0) is 15.7. The molecule has 0 saturated heterocycles. The van der Waals surface area contributed by atoms with E-state index in [2.05, 4.69) is 12.0 Å². The molecule has 1 aliphatic heterocycles. The molecule has 1 aromatic heterocycles. The molecule has 0 aliphatic carbocycles. The lowest BCUT2D eigenvalue weighted by Crippen LogP contribution is -2.32. The van der Waals surface area contributed by atoms with Crippen molar-refractivity contribution >= 4 is 35.0 Å². The maximum Gasteiger partial charge on any atom is 0.261 e. The molecule has 1 unspecified atom stereocenters. The fraction of sp³-hybridized carbons (Fsp3) is 0.375. The van der Waals surface area contributed by atoms with E-state index in [-0.39, 0.29) is 5.91 Å². The second-order valence-electron chi connectivity index (χ2n) is 5.37. The molecule has 22 heavy (non-hydrogen) atoms. The molecule has 0 spiro atoms. The number of amides is 1.